The third-order valence-electron chi connectivity index (χ3n) is 2.83. The van der Waals surface area contributed by atoms with Crippen LogP contribution in [0.1, 0.15) is 35.0 Å². The number of aromatic nitrogens is 1. The summed E-state index contributed by atoms with van der Waals surface area (Å²) in [5, 5.41) is 22.8. The van der Waals surface area contributed by atoms with Gasteiger partial charge in [-0.3, -0.25) is 10.1 Å². The molecule has 8 nitrogen and oxygen atoms in total. The number of oxazole rings is 1. The van der Waals surface area contributed by atoms with E-state index in [1.54, 1.807) is 20.0 Å². The van der Waals surface area contributed by atoms with E-state index in [0.717, 1.165) is 6.07 Å². The lowest BCUT2D eigenvalue weighted by Crippen LogP contribution is -2.11. The van der Waals surface area contributed by atoms with Crippen LogP contribution in [0.5, 0.6) is 0 Å². The fourth-order valence-electron chi connectivity index (χ4n) is 1.82. The molecule has 2 rings (SSSR count). The van der Waals surface area contributed by atoms with Crippen molar-refractivity contribution in [2.24, 2.45) is 0 Å². The number of anilines is 1. The zero-order chi connectivity index (χ0) is 15.6. The van der Waals surface area contributed by atoms with Crippen LogP contribution in [-0.4, -0.2) is 21.0 Å². The van der Waals surface area contributed by atoms with Crippen molar-refractivity contribution in [2.45, 2.75) is 19.9 Å². The molecule has 1 atom stereocenters. The van der Waals surface area contributed by atoms with E-state index in [-0.39, 0.29) is 23.0 Å². The maximum absolute atomic E-state index is 11.2. The number of nitrogens with zero attached hydrogens (tertiary/aromatic N) is 2. The van der Waals surface area contributed by atoms with Gasteiger partial charge in [-0.1, -0.05) is 0 Å². The van der Waals surface area contributed by atoms with E-state index in [9.17, 15) is 14.9 Å². The van der Waals surface area contributed by atoms with Gasteiger partial charge in [0.25, 0.3) is 5.69 Å². The Morgan fingerprint density at radius 2 is 2.24 bits per heavy atom. The minimum absolute atomic E-state index is 0.181. The average Bonchev–Trinajstić information content (AvgIpc) is 2.85. The summed E-state index contributed by atoms with van der Waals surface area (Å²) in [5.41, 5.74) is -0.201. The van der Waals surface area contributed by atoms with E-state index in [2.05, 4.69) is 10.3 Å². The average molecular weight is 291 g/mol. The van der Waals surface area contributed by atoms with Crippen LogP contribution < -0.4 is 5.32 Å². The zero-order valence-electron chi connectivity index (χ0n) is 11.4. The van der Waals surface area contributed by atoms with Gasteiger partial charge in [-0.05, 0) is 19.9 Å². The molecular weight excluding hydrogens is 278 g/mol. The molecule has 0 spiro atoms. The molecule has 21 heavy (non-hydrogen) atoms. The number of non-ortho nitro benzene ring substituents is 1. The molecule has 0 aliphatic rings. The lowest BCUT2D eigenvalue weighted by Gasteiger charge is -2.14. The number of hydrogen-bond donors (Lipinski definition) is 2. The maximum Gasteiger partial charge on any atom is 0.338 e. The van der Waals surface area contributed by atoms with Crippen LogP contribution in [0.3, 0.4) is 0 Å². The van der Waals surface area contributed by atoms with Crippen LogP contribution in [-0.2, 0) is 0 Å². The molecule has 0 saturated heterocycles. The van der Waals surface area contributed by atoms with E-state index in [4.69, 9.17) is 9.52 Å². The van der Waals surface area contributed by atoms with Gasteiger partial charge in [-0.2, -0.15) is 0 Å². The monoisotopic (exact) mass is 291 g/mol. The van der Waals surface area contributed by atoms with Crippen molar-refractivity contribution in [3.05, 3.63) is 51.7 Å². The van der Waals surface area contributed by atoms with Gasteiger partial charge in [-0.25, -0.2) is 9.78 Å². The summed E-state index contributed by atoms with van der Waals surface area (Å²) in [6.07, 6.45) is 1.56. The maximum atomic E-state index is 11.2. The predicted molar refractivity (Wildman–Crippen MR) is 73.3 cm³/mol. The van der Waals surface area contributed by atoms with Crippen molar-refractivity contribution in [3.63, 3.8) is 0 Å². The summed E-state index contributed by atoms with van der Waals surface area (Å²) < 4.78 is 5.35. The molecule has 8 heteroatoms. The predicted octanol–water partition coefficient (Wildman–Crippen LogP) is 2.76. The van der Waals surface area contributed by atoms with Crippen LogP contribution in [0.2, 0.25) is 0 Å². The first-order valence-electron chi connectivity index (χ1n) is 6.09. The molecule has 0 radical (unpaired) electrons. The molecular formula is C13H13N3O5. The Morgan fingerprint density at radius 3 is 2.76 bits per heavy atom. The number of nitro groups is 1. The smallest absolute Gasteiger partial charge is 0.338 e. The van der Waals surface area contributed by atoms with Gasteiger partial charge in [0, 0.05) is 17.8 Å². The van der Waals surface area contributed by atoms with E-state index in [1.165, 1.54) is 12.1 Å². The van der Waals surface area contributed by atoms with E-state index in [1.807, 2.05) is 0 Å². The Hall–Kier alpha value is -2.90. The van der Waals surface area contributed by atoms with Crippen molar-refractivity contribution in [3.8, 4) is 0 Å². The highest BCUT2D eigenvalue weighted by Crippen LogP contribution is 2.26. The van der Waals surface area contributed by atoms with Gasteiger partial charge in [0.1, 0.15) is 11.8 Å². The number of rotatable bonds is 5. The summed E-state index contributed by atoms with van der Waals surface area (Å²) in [7, 11) is 0. The Labute approximate surface area is 119 Å². The zero-order valence-corrected chi connectivity index (χ0v) is 11.4. The van der Waals surface area contributed by atoms with Gasteiger partial charge in [-0.15, -0.1) is 0 Å². The number of carboxylic acid groups (broad SMARTS) is 1. The first-order valence-corrected chi connectivity index (χ1v) is 6.09. The minimum atomic E-state index is -1.25. The number of benzene rings is 1. The minimum Gasteiger partial charge on any atom is -0.478 e. The van der Waals surface area contributed by atoms with Crippen molar-refractivity contribution < 1.29 is 19.2 Å². The molecule has 0 bridgehead atoms. The Morgan fingerprint density at radius 1 is 1.52 bits per heavy atom. The van der Waals surface area contributed by atoms with Crippen LogP contribution in [0.15, 0.2) is 28.8 Å². The fourth-order valence-corrected chi connectivity index (χ4v) is 1.82. The highest BCUT2D eigenvalue weighted by atomic mass is 16.6. The molecule has 0 saturated carbocycles. The van der Waals surface area contributed by atoms with Crippen molar-refractivity contribution in [1.82, 2.24) is 4.98 Å². The number of hydrogen-bond acceptors (Lipinski definition) is 6. The van der Waals surface area contributed by atoms with Crippen molar-refractivity contribution in [2.75, 3.05) is 5.32 Å². The first-order chi connectivity index (χ1) is 9.88. The molecule has 0 fully saturated rings. The highest BCUT2D eigenvalue weighted by molar-refractivity contribution is 5.95. The quantitative estimate of drug-likeness (QED) is 0.642. The molecule has 0 aliphatic carbocycles. The van der Waals surface area contributed by atoms with E-state index < -0.39 is 10.9 Å². The van der Waals surface area contributed by atoms with Gasteiger partial charge in [0.05, 0.1) is 16.7 Å². The van der Waals surface area contributed by atoms with E-state index >= 15 is 0 Å². The van der Waals surface area contributed by atoms with Gasteiger partial charge in [0.15, 0.2) is 0 Å². The molecule has 2 N–H and O–H groups in total. The molecule has 1 aromatic carbocycles. The number of carboxylic acids is 1. The second-order valence-corrected chi connectivity index (χ2v) is 4.47. The standard InChI is InChI=1S/C13H13N3O5/c1-7-6-14-12(21-7)8(2)15-11-4-3-9(16(19)20)5-10(11)13(17)18/h3-6,8,15H,1-2H3,(H,17,18). The number of carbonyl (C=O) groups is 1. The van der Waals surface area contributed by atoms with Gasteiger partial charge < -0.3 is 14.8 Å². The Kier molecular flexibility index (Phi) is 3.88. The second-order valence-electron chi connectivity index (χ2n) is 4.47. The van der Waals surface area contributed by atoms with Gasteiger partial charge >= 0.3 is 5.97 Å². The summed E-state index contributed by atoms with van der Waals surface area (Å²) in [6, 6.07) is 3.23. The number of aromatic carboxylic acids is 1. The number of aryl methyl sites for hydroxylation is 1. The normalized spacial score (nSPS) is 11.9. The largest absolute Gasteiger partial charge is 0.478 e. The van der Waals surface area contributed by atoms with Crippen LogP contribution in [0, 0.1) is 17.0 Å². The Balaban J connectivity index is 2.31. The Bertz CT molecular complexity index is 695. The molecule has 110 valence electrons. The number of nitro benzene ring substituents is 1. The fraction of sp³-hybridized carbons (Fsp3) is 0.231. The third kappa shape index (κ3) is 3.16. The summed E-state index contributed by atoms with van der Waals surface area (Å²) in [4.78, 5) is 25.3. The van der Waals surface area contributed by atoms with E-state index in [0.29, 0.717) is 11.7 Å². The molecule has 1 aromatic heterocycles. The van der Waals surface area contributed by atoms with Crippen LogP contribution in [0.4, 0.5) is 11.4 Å². The molecule has 1 unspecified atom stereocenters. The highest BCUT2D eigenvalue weighted by Gasteiger charge is 2.19. The molecule has 1 heterocycles. The summed E-state index contributed by atoms with van der Waals surface area (Å²) in [6.45, 7) is 3.50. The first kappa shape index (κ1) is 14.5. The topological polar surface area (TPSA) is 118 Å². The van der Waals surface area contributed by atoms with Crippen LogP contribution >= 0.6 is 0 Å². The van der Waals surface area contributed by atoms with Crippen molar-refractivity contribution >= 4 is 17.3 Å². The molecule has 0 amide bonds. The summed E-state index contributed by atoms with van der Waals surface area (Å²) in [5.74, 6) is -0.208. The third-order valence-corrected chi connectivity index (χ3v) is 2.83. The lowest BCUT2D eigenvalue weighted by atomic mass is 10.1. The van der Waals surface area contributed by atoms with Gasteiger partial charge in [0.2, 0.25) is 5.89 Å². The SMILES string of the molecule is Cc1cnc(C(C)Nc2ccc([N+](=O)[O-])cc2C(=O)O)o1. The lowest BCUT2D eigenvalue weighted by molar-refractivity contribution is -0.384. The summed E-state index contributed by atoms with van der Waals surface area (Å²) >= 11 is 0. The molecule has 2 aromatic rings. The van der Waals surface area contributed by atoms with Crippen molar-refractivity contribution in [1.29, 1.82) is 0 Å². The molecule has 0 aliphatic heterocycles. The number of nitrogens with one attached hydrogen (secondary N) is 1. The second kappa shape index (κ2) is 5.61. The van der Waals surface area contributed by atoms with Crippen LogP contribution in [0.25, 0.3) is 0 Å².